The van der Waals surface area contributed by atoms with E-state index < -0.39 is 0 Å². The molecule has 3 unspecified atom stereocenters. The fourth-order valence-corrected chi connectivity index (χ4v) is 4.74. The molecule has 1 heterocycles. The van der Waals surface area contributed by atoms with Gasteiger partial charge in [0.1, 0.15) is 0 Å². The van der Waals surface area contributed by atoms with Gasteiger partial charge < -0.3 is 5.32 Å². The average molecular weight is 301 g/mol. The molecule has 0 bridgehead atoms. The van der Waals surface area contributed by atoms with Crippen molar-refractivity contribution >= 4 is 21.4 Å². The first-order valence-electron chi connectivity index (χ1n) is 8.34. The average Bonchev–Trinajstić information content (AvgIpc) is 2.94. The molecule has 2 heteroatoms. The lowest BCUT2D eigenvalue weighted by molar-refractivity contribution is 0.239. The monoisotopic (exact) mass is 301 g/mol. The summed E-state index contributed by atoms with van der Waals surface area (Å²) in [7, 11) is 0. The summed E-state index contributed by atoms with van der Waals surface area (Å²) in [5.74, 6) is 2.37. The number of fused-ring (bicyclic) bond motifs is 1. The second-order valence-corrected chi connectivity index (χ2v) is 7.95. The fourth-order valence-electron chi connectivity index (χ4n) is 3.76. The molecule has 1 N–H and O–H groups in total. The van der Waals surface area contributed by atoms with E-state index in [0.29, 0.717) is 6.04 Å². The van der Waals surface area contributed by atoms with E-state index >= 15 is 0 Å². The van der Waals surface area contributed by atoms with E-state index in [-0.39, 0.29) is 0 Å². The molecule has 3 rings (SSSR count). The van der Waals surface area contributed by atoms with Crippen LogP contribution in [-0.2, 0) is 0 Å². The maximum Gasteiger partial charge on any atom is 0.0377 e. The topological polar surface area (TPSA) is 12.0 Å². The Morgan fingerprint density at radius 1 is 1.24 bits per heavy atom. The zero-order valence-electron chi connectivity index (χ0n) is 13.4. The third-order valence-electron chi connectivity index (χ3n) is 4.95. The first-order valence-corrected chi connectivity index (χ1v) is 9.22. The Morgan fingerprint density at radius 2 is 2.10 bits per heavy atom. The molecule has 1 fully saturated rings. The van der Waals surface area contributed by atoms with Gasteiger partial charge in [-0.2, -0.15) is 0 Å². The van der Waals surface area contributed by atoms with Crippen LogP contribution in [0.2, 0.25) is 0 Å². The minimum absolute atomic E-state index is 0.586. The highest BCUT2D eigenvalue weighted by atomic mass is 32.1. The highest BCUT2D eigenvalue weighted by Crippen LogP contribution is 2.43. The number of rotatable bonds is 4. The van der Waals surface area contributed by atoms with Gasteiger partial charge in [0, 0.05) is 10.7 Å². The summed E-state index contributed by atoms with van der Waals surface area (Å²) < 4.78 is 1.52. The van der Waals surface area contributed by atoms with Crippen LogP contribution in [0, 0.1) is 11.8 Å². The van der Waals surface area contributed by atoms with Crippen LogP contribution >= 0.6 is 11.3 Å². The normalized spacial score (nSPS) is 26.6. The molecule has 0 amide bonds. The highest BCUT2D eigenvalue weighted by molar-refractivity contribution is 7.17. The van der Waals surface area contributed by atoms with Gasteiger partial charge in [0.15, 0.2) is 0 Å². The van der Waals surface area contributed by atoms with E-state index in [1.807, 2.05) is 11.3 Å². The van der Waals surface area contributed by atoms with E-state index in [4.69, 9.17) is 0 Å². The molecule has 0 radical (unpaired) electrons. The van der Waals surface area contributed by atoms with Gasteiger partial charge >= 0.3 is 0 Å². The minimum Gasteiger partial charge on any atom is -0.314 e. The summed E-state index contributed by atoms with van der Waals surface area (Å²) in [5, 5.41) is 7.34. The second-order valence-electron chi connectivity index (χ2n) is 7.03. The van der Waals surface area contributed by atoms with Gasteiger partial charge in [-0.1, -0.05) is 45.4 Å². The number of benzene rings is 1. The van der Waals surface area contributed by atoms with Gasteiger partial charge in [-0.15, -0.1) is 11.3 Å². The van der Waals surface area contributed by atoms with Crippen LogP contribution in [-0.4, -0.2) is 12.6 Å². The molecule has 0 spiro atoms. The summed E-state index contributed by atoms with van der Waals surface area (Å²) in [5.41, 5.74) is 1.60. The summed E-state index contributed by atoms with van der Waals surface area (Å²) in [6.45, 7) is 8.09. The first-order chi connectivity index (χ1) is 10.1. The molecule has 3 atom stereocenters. The van der Waals surface area contributed by atoms with Gasteiger partial charge in [0.05, 0.1) is 0 Å². The predicted molar refractivity (Wildman–Crippen MR) is 94.2 cm³/mol. The van der Waals surface area contributed by atoms with Crippen LogP contribution in [0.3, 0.4) is 0 Å². The maximum atomic E-state index is 3.68. The maximum absolute atomic E-state index is 3.68. The Balaban J connectivity index is 1.89. The fraction of sp³-hybridized carbons (Fsp3) is 0.579. The third-order valence-corrected chi connectivity index (χ3v) is 5.93. The molecule has 1 nitrogen and oxygen atoms in total. The van der Waals surface area contributed by atoms with Crippen LogP contribution in [0.1, 0.15) is 51.5 Å². The molecular formula is C19H27NS. The molecule has 1 aliphatic rings. The van der Waals surface area contributed by atoms with E-state index in [2.05, 4.69) is 55.7 Å². The molecule has 0 aliphatic heterocycles. The van der Waals surface area contributed by atoms with Gasteiger partial charge in [-0.05, 0) is 59.5 Å². The van der Waals surface area contributed by atoms with Crippen LogP contribution in [0.15, 0.2) is 29.6 Å². The summed E-state index contributed by atoms with van der Waals surface area (Å²) in [6, 6.07) is 9.73. The highest BCUT2D eigenvalue weighted by Gasteiger charge is 2.30. The van der Waals surface area contributed by atoms with Crippen LogP contribution in [0.25, 0.3) is 10.1 Å². The van der Waals surface area contributed by atoms with Crippen molar-refractivity contribution in [2.75, 3.05) is 6.54 Å². The Labute approximate surface area is 132 Å². The molecule has 0 saturated heterocycles. The zero-order chi connectivity index (χ0) is 14.8. The lowest BCUT2D eigenvalue weighted by Crippen LogP contribution is -2.34. The van der Waals surface area contributed by atoms with Crippen LogP contribution in [0.4, 0.5) is 0 Å². The number of hydrogen-bond acceptors (Lipinski definition) is 2. The smallest absolute Gasteiger partial charge is 0.0377 e. The zero-order valence-corrected chi connectivity index (χ0v) is 14.2. The standard InChI is InChI=1S/C19H27NS/c1-13(2)20-12-16-8-7-14(3)11-18(16)17-6-4-5-15-9-10-21-19(15)17/h4-6,9-10,13-14,16,18,20H,7-8,11-12H2,1-3H3. The van der Waals surface area contributed by atoms with Crippen molar-refractivity contribution in [1.82, 2.24) is 5.32 Å². The van der Waals surface area contributed by atoms with Gasteiger partial charge in [0.25, 0.3) is 0 Å². The molecular weight excluding hydrogens is 274 g/mol. The van der Waals surface area contributed by atoms with Crippen molar-refractivity contribution in [3.63, 3.8) is 0 Å². The quantitative estimate of drug-likeness (QED) is 0.795. The van der Waals surface area contributed by atoms with Crippen molar-refractivity contribution < 1.29 is 0 Å². The molecule has 114 valence electrons. The lowest BCUT2D eigenvalue weighted by atomic mass is 9.71. The van der Waals surface area contributed by atoms with Crippen LogP contribution < -0.4 is 5.32 Å². The van der Waals surface area contributed by atoms with Crippen LogP contribution in [0.5, 0.6) is 0 Å². The number of thiophene rings is 1. The summed E-state index contributed by atoms with van der Waals surface area (Å²) in [6.07, 6.45) is 4.11. The van der Waals surface area contributed by atoms with Crippen molar-refractivity contribution in [2.45, 2.75) is 52.0 Å². The van der Waals surface area contributed by atoms with Gasteiger partial charge in [0.2, 0.25) is 0 Å². The molecule has 1 aliphatic carbocycles. The Kier molecular flexibility index (Phi) is 4.66. The minimum atomic E-state index is 0.586. The summed E-state index contributed by atoms with van der Waals surface area (Å²) >= 11 is 1.91. The molecule has 1 aromatic heterocycles. The van der Waals surface area contributed by atoms with Crippen molar-refractivity contribution in [1.29, 1.82) is 0 Å². The Hall–Kier alpha value is -0.860. The summed E-state index contributed by atoms with van der Waals surface area (Å²) in [4.78, 5) is 0. The van der Waals surface area contributed by atoms with E-state index in [1.165, 1.54) is 29.3 Å². The Bertz CT molecular complexity index is 586. The first kappa shape index (κ1) is 15.1. The number of hydrogen-bond donors (Lipinski definition) is 1. The Morgan fingerprint density at radius 3 is 2.90 bits per heavy atom. The van der Waals surface area contributed by atoms with E-state index in [0.717, 1.165) is 24.3 Å². The second kappa shape index (κ2) is 6.50. The lowest BCUT2D eigenvalue weighted by Gasteiger charge is -2.36. The van der Waals surface area contributed by atoms with Gasteiger partial charge in [-0.3, -0.25) is 0 Å². The van der Waals surface area contributed by atoms with Crippen molar-refractivity contribution in [3.05, 3.63) is 35.2 Å². The molecule has 1 aromatic carbocycles. The van der Waals surface area contributed by atoms with Crippen molar-refractivity contribution in [3.8, 4) is 0 Å². The van der Waals surface area contributed by atoms with E-state index in [1.54, 1.807) is 5.56 Å². The third kappa shape index (κ3) is 3.32. The van der Waals surface area contributed by atoms with Gasteiger partial charge in [-0.25, -0.2) is 0 Å². The molecule has 2 aromatic rings. The van der Waals surface area contributed by atoms with Crippen molar-refractivity contribution in [2.24, 2.45) is 11.8 Å². The predicted octanol–water partition coefficient (Wildman–Crippen LogP) is 5.42. The molecule has 1 saturated carbocycles. The SMILES string of the molecule is CC1CCC(CNC(C)C)C(c2cccc3ccsc23)C1. The van der Waals surface area contributed by atoms with E-state index in [9.17, 15) is 0 Å². The largest absolute Gasteiger partial charge is 0.314 e. The number of nitrogens with one attached hydrogen (secondary N) is 1. The molecule has 21 heavy (non-hydrogen) atoms.